The van der Waals surface area contributed by atoms with Gasteiger partial charge in [-0.05, 0) is 41.8 Å². The maximum absolute atomic E-state index is 9.46. The zero-order valence-corrected chi connectivity index (χ0v) is 15.4. The van der Waals surface area contributed by atoms with Crippen molar-refractivity contribution in [2.24, 2.45) is 0 Å². The van der Waals surface area contributed by atoms with Gasteiger partial charge in [0.2, 0.25) is 0 Å². The third-order valence-electron chi connectivity index (χ3n) is 5.40. The molecule has 1 fully saturated rings. The van der Waals surface area contributed by atoms with E-state index in [-0.39, 0.29) is 5.75 Å². The van der Waals surface area contributed by atoms with E-state index in [1.54, 1.807) is 12.1 Å². The van der Waals surface area contributed by atoms with Crippen LogP contribution >= 0.6 is 0 Å². The molecule has 1 aliphatic heterocycles. The highest BCUT2D eigenvalue weighted by Gasteiger charge is 2.25. The van der Waals surface area contributed by atoms with Crippen molar-refractivity contribution in [1.29, 1.82) is 0 Å². The minimum atomic E-state index is 0.261. The molecular formula is C22H21N5O. The van der Waals surface area contributed by atoms with Gasteiger partial charge in [0.05, 0.1) is 0 Å². The van der Waals surface area contributed by atoms with Crippen LogP contribution in [-0.4, -0.2) is 38.0 Å². The minimum absolute atomic E-state index is 0.261. The summed E-state index contributed by atoms with van der Waals surface area (Å²) < 4.78 is 1.83. The van der Waals surface area contributed by atoms with Gasteiger partial charge in [-0.3, -0.25) is 0 Å². The first-order chi connectivity index (χ1) is 13.8. The lowest BCUT2D eigenvalue weighted by molar-refractivity contribution is 0.475. The molecule has 2 aromatic heterocycles. The Morgan fingerprint density at radius 1 is 0.929 bits per heavy atom. The number of nitrogens with zero attached hydrogens (tertiary/aromatic N) is 5. The molecular weight excluding hydrogens is 350 g/mol. The van der Waals surface area contributed by atoms with Crippen LogP contribution in [0.1, 0.15) is 29.3 Å². The van der Waals surface area contributed by atoms with Crippen molar-refractivity contribution in [1.82, 2.24) is 19.8 Å². The van der Waals surface area contributed by atoms with E-state index in [1.165, 1.54) is 5.56 Å². The van der Waals surface area contributed by atoms with Crippen LogP contribution in [0, 0.1) is 0 Å². The molecule has 1 aliphatic rings. The lowest BCUT2D eigenvalue weighted by Crippen LogP contribution is -2.21. The standard InChI is InChI=1S/C22H21N5O/c28-19-8-6-16(7-9-19)14-22-24-23-20-10-11-21(25-27(20)22)26-13-12-18(15-26)17-4-2-1-3-5-17/h1-11,18,28H,12-15H2. The maximum Gasteiger partial charge on any atom is 0.178 e. The van der Waals surface area contributed by atoms with E-state index in [0.29, 0.717) is 12.3 Å². The third-order valence-corrected chi connectivity index (χ3v) is 5.40. The number of phenols is 1. The number of aromatic nitrogens is 4. The zero-order chi connectivity index (χ0) is 18.9. The van der Waals surface area contributed by atoms with Crippen molar-refractivity contribution in [2.75, 3.05) is 18.0 Å². The molecule has 4 aromatic rings. The average molecular weight is 371 g/mol. The van der Waals surface area contributed by atoms with Crippen molar-refractivity contribution in [2.45, 2.75) is 18.8 Å². The highest BCUT2D eigenvalue weighted by molar-refractivity contribution is 5.47. The fraction of sp³-hybridized carbons (Fsp3) is 0.227. The highest BCUT2D eigenvalue weighted by Crippen LogP contribution is 2.29. The quantitative estimate of drug-likeness (QED) is 0.595. The largest absolute Gasteiger partial charge is 0.508 e. The van der Waals surface area contributed by atoms with Crippen LogP contribution in [0.3, 0.4) is 0 Å². The van der Waals surface area contributed by atoms with Crippen LogP contribution in [0.2, 0.25) is 0 Å². The van der Waals surface area contributed by atoms with E-state index in [1.807, 2.05) is 28.8 Å². The van der Waals surface area contributed by atoms with Crippen LogP contribution in [0.5, 0.6) is 5.75 Å². The van der Waals surface area contributed by atoms with Crippen molar-refractivity contribution >= 4 is 11.5 Å². The molecule has 0 radical (unpaired) electrons. The van der Waals surface area contributed by atoms with Crippen LogP contribution in [0.15, 0.2) is 66.7 Å². The van der Waals surface area contributed by atoms with Crippen LogP contribution < -0.4 is 4.90 Å². The molecule has 0 aliphatic carbocycles. The van der Waals surface area contributed by atoms with Gasteiger partial charge in [0.15, 0.2) is 11.5 Å². The Morgan fingerprint density at radius 2 is 1.75 bits per heavy atom. The Labute approximate surface area is 163 Å². The molecule has 0 saturated carbocycles. The molecule has 6 nitrogen and oxygen atoms in total. The normalized spacial score (nSPS) is 16.7. The second kappa shape index (κ2) is 6.96. The van der Waals surface area contributed by atoms with Crippen LogP contribution in [0.25, 0.3) is 5.65 Å². The molecule has 0 amide bonds. The van der Waals surface area contributed by atoms with Gasteiger partial charge in [-0.15, -0.1) is 15.3 Å². The van der Waals surface area contributed by atoms with Crippen molar-refractivity contribution in [3.8, 4) is 5.75 Å². The summed E-state index contributed by atoms with van der Waals surface area (Å²) in [5, 5.41) is 22.9. The minimum Gasteiger partial charge on any atom is -0.508 e. The Balaban J connectivity index is 1.40. The lowest BCUT2D eigenvalue weighted by Gasteiger charge is -2.17. The number of hydrogen-bond donors (Lipinski definition) is 1. The molecule has 0 spiro atoms. The Kier molecular flexibility index (Phi) is 4.16. The molecule has 3 heterocycles. The first-order valence-corrected chi connectivity index (χ1v) is 9.55. The maximum atomic E-state index is 9.46. The molecule has 1 unspecified atom stereocenters. The molecule has 2 aromatic carbocycles. The Bertz CT molecular complexity index is 1090. The molecule has 6 heteroatoms. The topological polar surface area (TPSA) is 66.6 Å². The summed E-state index contributed by atoms with van der Waals surface area (Å²) >= 11 is 0. The molecule has 28 heavy (non-hydrogen) atoms. The number of aromatic hydroxyl groups is 1. The number of fused-ring (bicyclic) bond motifs is 1. The predicted octanol–water partition coefficient (Wildman–Crippen LogP) is 3.41. The van der Waals surface area contributed by atoms with Gasteiger partial charge < -0.3 is 10.0 Å². The Hall–Kier alpha value is -3.41. The first kappa shape index (κ1) is 16.7. The second-order valence-corrected chi connectivity index (χ2v) is 7.26. The lowest BCUT2D eigenvalue weighted by atomic mass is 9.99. The van der Waals surface area contributed by atoms with Gasteiger partial charge in [0, 0.05) is 25.4 Å². The summed E-state index contributed by atoms with van der Waals surface area (Å²) in [5.74, 6) is 2.55. The summed E-state index contributed by atoms with van der Waals surface area (Å²) in [5.41, 5.74) is 3.20. The smallest absolute Gasteiger partial charge is 0.178 e. The van der Waals surface area contributed by atoms with Gasteiger partial charge in [0.1, 0.15) is 11.6 Å². The van der Waals surface area contributed by atoms with Crippen LogP contribution in [0.4, 0.5) is 5.82 Å². The van der Waals surface area contributed by atoms with E-state index in [2.05, 4.69) is 45.4 Å². The van der Waals surface area contributed by atoms with Crippen molar-refractivity contribution < 1.29 is 5.11 Å². The van der Waals surface area contributed by atoms with E-state index in [0.717, 1.165) is 42.4 Å². The molecule has 1 N–H and O–H groups in total. The number of benzene rings is 2. The predicted molar refractivity (Wildman–Crippen MR) is 108 cm³/mol. The fourth-order valence-electron chi connectivity index (χ4n) is 3.86. The average Bonchev–Trinajstić information content (AvgIpc) is 3.38. The second-order valence-electron chi connectivity index (χ2n) is 7.26. The summed E-state index contributed by atoms with van der Waals surface area (Å²) in [6.07, 6.45) is 1.75. The third kappa shape index (κ3) is 3.17. The van der Waals surface area contributed by atoms with E-state index >= 15 is 0 Å². The monoisotopic (exact) mass is 371 g/mol. The van der Waals surface area contributed by atoms with Gasteiger partial charge >= 0.3 is 0 Å². The molecule has 1 atom stereocenters. The molecule has 5 rings (SSSR count). The first-order valence-electron chi connectivity index (χ1n) is 9.55. The number of rotatable bonds is 4. The van der Waals surface area contributed by atoms with Gasteiger partial charge in [-0.1, -0.05) is 42.5 Å². The van der Waals surface area contributed by atoms with E-state index in [9.17, 15) is 5.11 Å². The summed E-state index contributed by atoms with van der Waals surface area (Å²) in [6, 6.07) is 21.9. The van der Waals surface area contributed by atoms with Gasteiger partial charge in [-0.2, -0.15) is 4.52 Å². The van der Waals surface area contributed by atoms with Crippen LogP contribution in [-0.2, 0) is 6.42 Å². The summed E-state index contributed by atoms with van der Waals surface area (Å²) in [4.78, 5) is 2.33. The summed E-state index contributed by atoms with van der Waals surface area (Å²) in [7, 11) is 0. The number of anilines is 1. The Morgan fingerprint density at radius 3 is 2.57 bits per heavy atom. The van der Waals surface area contributed by atoms with Gasteiger partial charge in [0.25, 0.3) is 0 Å². The van der Waals surface area contributed by atoms with E-state index in [4.69, 9.17) is 5.10 Å². The van der Waals surface area contributed by atoms with Gasteiger partial charge in [-0.25, -0.2) is 0 Å². The van der Waals surface area contributed by atoms with E-state index < -0.39 is 0 Å². The zero-order valence-electron chi connectivity index (χ0n) is 15.4. The number of hydrogen-bond acceptors (Lipinski definition) is 5. The SMILES string of the molecule is Oc1ccc(Cc2nnc3ccc(N4CCC(c5ccccc5)C4)nn23)cc1. The molecule has 1 saturated heterocycles. The van der Waals surface area contributed by atoms with Crippen molar-refractivity contribution in [3.05, 3.63) is 83.7 Å². The highest BCUT2D eigenvalue weighted by atomic mass is 16.3. The van der Waals surface area contributed by atoms with Crippen molar-refractivity contribution in [3.63, 3.8) is 0 Å². The summed E-state index contributed by atoms with van der Waals surface area (Å²) in [6.45, 7) is 1.96. The molecule has 0 bridgehead atoms. The fourth-order valence-corrected chi connectivity index (χ4v) is 3.86. The molecule has 140 valence electrons. The number of phenolic OH excluding ortho intramolecular Hbond substituents is 1.